The second-order valence-electron chi connectivity index (χ2n) is 6.03. The number of anilines is 2. The number of carbonyl (C=O) groups excluding carboxylic acids is 2. The molecule has 0 bridgehead atoms. The van der Waals surface area contributed by atoms with E-state index in [-0.39, 0.29) is 18.6 Å². The van der Waals surface area contributed by atoms with Crippen LogP contribution in [0.15, 0.2) is 66.7 Å². The number of benzene rings is 3. The maximum absolute atomic E-state index is 12.7. The van der Waals surface area contributed by atoms with E-state index in [0.29, 0.717) is 39.0 Å². The monoisotopic (exact) mass is 394 g/mol. The van der Waals surface area contributed by atoms with Gasteiger partial charge in [0, 0.05) is 16.3 Å². The van der Waals surface area contributed by atoms with Gasteiger partial charge in [0.05, 0.1) is 11.3 Å². The van der Waals surface area contributed by atoms with E-state index in [1.807, 2.05) is 0 Å². The summed E-state index contributed by atoms with van der Waals surface area (Å²) < 4.78 is 10.6. The molecule has 0 spiro atoms. The molecule has 140 valence electrons. The number of carbonyl (C=O) groups is 2. The molecule has 0 aromatic heterocycles. The minimum absolute atomic E-state index is 0.133. The standard InChI is InChI=1S/C21H15ClN2O4/c22-14-6-8-15(9-7-14)23-21(26)16-3-1-2-4-17(16)24-20(25)13-5-10-18-19(11-13)28-12-27-18/h1-11H,12H2,(H,23,26)(H,24,25). The molecule has 1 aliphatic heterocycles. The number of hydrogen-bond donors (Lipinski definition) is 2. The van der Waals surface area contributed by atoms with Crippen LogP contribution < -0.4 is 20.1 Å². The number of fused-ring (bicyclic) bond motifs is 1. The lowest BCUT2D eigenvalue weighted by atomic mass is 10.1. The summed E-state index contributed by atoms with van der Waals surface area (Å²) in [4.78, 5) is 25.3. The molecular formula is C21H15ClN2O4. The highest BCUT2D eigenvalue weighted by Gasteiger charge is 2.18. The minimum Gasteiger partial charge on any atom is -0.454 e. The Morgan fingerprint density at radius 1 is 0.821 bits per heavy atom. The van der Waals surface area contributed by atoms with E-state index < -0.39 is 0 Å². The molecule has 0 fully saturated rings. The second-order valence-corrected chi connectivity index (χ2v) is 6.47. The maximum Gasteiger partial charge on any atom is 0.257 e. The molecule has 0 radical (unpaired) electrons. The zero-order valence-corrected chi connectivity index (χ0v) is 15.3. The number of para-hydroxylation sites is 1. The van der Waals surface area contributed by atoms with Gasteiger partial charge in [0.25, 0.3) is 11.8 Å². The highest BCUT2D eigenvalue weighted by molar-refractivity contribution is 6.30. The lowest BCUT2D eigenvalue weighted by Crippen LogP contribution is -2.18. The summed E-state index contributed by atoms with van der Waals surface area (Å²) >= 11 is 5.86. The average molecular weight is 395 g/mol. The first kappa shape index (κ1) is 17.9. The molecule has 0 saturated heterocycles. The molecule has 3 aromatic rings. The van der Waals surface area contributed by atoms with Gasteiger partial charge in [-0.15, -0.1) is 0 Å². The van der Waals surface area contributed by atoms with Crippen LogP contribution in [-0.4, -0.2) is 18.6 Å². The number of hydrogen-bond acceptors (Lipinski definition) is 4. The second kappa shape index (κ2) is 7.62. The van der Waals surface area contributed by atoms with Gasteiger partial charge in [-0.2, -0.15) is 0 Å². The summed E-state index contributed by atoms with van der Waals surface area (Å²) in [7, 11) is 0. The quantitative estimate of drug-likeness (QED) is 0.679. The molecule has 0 atom stereocenters. The van der Waals surface area contributed by atoms with Crippen LogP contribution in [0.3, 0.4) is 0 Å². The van der Waals surface area contributed by atoms with E-state index in [0.717, 1.165) is 0 Å². The molecule has 3 aromatic carbocycles. The lowest BCUT2D eigenvalue weighted by molar-refractivity contribution is 0.102. The molecular weight excluding hydrogens is 380 g/mol. The molecule has 6 nitrogen and oxygen atoms in total. The highest BCUT2D eigenvalue weighted by atomic mass is 35.5. The van der Waals surface area contributed by atoms with Crippen LogP contribution in [0.25, 0.3) is 0 Å². The SMILES string of the molecule is O=C(Nc1ccccc1C(=O)Nc1ccc(Cl)cc1)c1ccc2c(c1)OCO2. The Morgan fingerprint density at radius 3 is 2.39 bits per heavy atom. The van der Waals surface area contributed by atoms with E-state index in [9.17, 15) is 9.59 Å². The first-order valence-electron chi connectivity index (χ1n) is 8.47. The summed E-state index contributed by atoms with van der Waals surface area (Å²) in [5.74, 6) is 0.412. The fourth-order valence-corrected chi connectivity index (χ4v) is 2.88. The smallest absolute Gasteiger partial charge is 0.257 e. The van der Waals surface area contributed by atoms with Gasteiger partial charge in [0.1, 0.15) is 0 Å². The van der Waals surface area contributed by atoms with Crippen molar-refractivity contribution in [1.82, 2.24) is 0 Å². The van der Waals surface area contributed by atoms with E-state index in [1.54, 1.807) is 66.7 Å². The Bertz CT molecular complexity index is 1050. The molecule has 0 saturated carbocycles. The normalized spacial score (nSPS) is 11.8. The zero-order valence-electron chi connectivity index (χ0n) is 14.6. The van der Waals surface area contributed by atoms with Gasteiger partial charge >= 0.3 is 0 Å². The van der Waals surface area contributed by atoms with Gasteiger partial charge in [0.15, 0.2) is 11.5 Å². The summed E-state index contributed by atoms with van der Waals surface area (Å²) in [6.07, 6.45) is 0. The molecule has 0 unspecified atom stereocenters. The average Bonchev–Trinajstić information content (AvgIpc) is 3.18. The van der Waals surface area contributed by atoms with Crippen molar-refractivity contribution in [2.75, 3.05) is 17.4 Å². The number of ether oxygens (including phenoxy) is 2. The largest absolute Gasteiger partial charge is 0.454 e. The van der Waals surface area contributed by atoms with Crippen molar-refractivity contribution in [3.05, 3.63) is 82.9 Å². The molecule has 7 heteroatoms. The van der Waals surface area contributed by atoms with Gasteiger partial charge in [-0.3, -0.25) is 9.59 Å². The van der Waals surface area contributed by atoms with Gasteiger partial charge in [-0.25, -0.2) is 0 Å². The summed E-state index contributed by atoms with van der Waals surface area (Å²) in [5.41, 5.74) is 1.74. The first-order chi connectivity index (χ1) is 13.6. The van der Waals surface area contributed by atoms with Crippen molar-refractivity contribution in [2.45, 2.75) is 0 Å². The number of amides is 2. The Balaban J connectivity index is 1.53. The highest BCUT2D eigenvalue weighted by Crippen LogP contribution is 2.32. The summed E-state index contributed by atoms with van der Waals surface area (Å²) in [5, 5.41) is 6.14. The molecule has 4 rings (SSSR count). The third-order valence-corrected chi connectivity index (χ3v) is 4.41. The molecule has 28 heavy (non-hydrogen) atoms. The van der Waals surface area contributed by atoms with Crippen molar-refractivity contribution in [3.63, 3.8) is 0 Å². The molecule has 1 aliphatic rings. The van der Waals surface area contributed by atoms with Gasteiger partial charge in [-0.05, 0) is 54.6 Å². The van der Waals surface area contributed by atoms with E-state index >= 15 is 0 Å². The summed E-state index contributed by atoms with van der Waals surface area (Å²) in [6.45, 7) is 0.133. The Hall–Kier alpha value is -3.51. The predicted molar refractivity (Wildman–Crippen MR) is 106 cm³/mol. The number of nitrogens with one attached hydrogen (secondary N) is 2. The van der Waals surface area contributed by atoms with Crippen molar-refractivity contribution >= 4 is 34.8 Å². The van der Waals surface area contributed by atoms with Crippen molar-refractivity contribution in [3.8, 4) is 11.5 Å². The third-order valence-electron chi connectivity index (χ3n) is 4.16. The Labute approximate surface area is 166 Å². The van der Waals surface area contributed by atoms with Crippen molar-refractivity contribution < 1.29 is 19.1 Å². The molecule has 0 aliphatic carbocycles. The van der Waals surface area contributed by atoms with Crippen LogP contribution in [-0.2, 0) is 0 Å². The minimum atomic E-state index is -0.356. The topological polar surface area (TPSA) is 76.7 Å². The van der Waals surface area contributed by atoms with Crippen LogP contribution in [0.2, 0.25) is 5.02 Å². The fraction of sp³-hybridized carbons (Fsp3) is 0.0476. The van der Waals surface area contributed by atoms with Crippen LogP contribution in [0.4, 0.5) is 11.4 Å². The van der Waals surface area contributed by atoms with Gasteiger partial charge in [0.2, 0.25) is 6.79 Å². The van der Waals surface area contributed by atoms with E-state index in [2.05, 4.69) is 10.6 Å². The summed E-state index contributed by atoms with van der Waals surface area (Å²) in [6, 6.07) is 18.5. The predicted octanol–water partition coefficient (Wildman–Crippen LogP) is 4.57. The zero-order chi connectivity index (χ0) is 19.5. The first-order valence-corrected chi connectivity index (χ1v) is 8.85. The Kier molecular flexibility index (Phi) is 4.87. The van der Waals surface area contributed by atoms with E-state index in [4.69, 9.17) is 21.1 Å². The lowest BCUT2D eigenvalue weighted by Gasteiger charge is -2.12. The number of rotatable bonds is 4. The third kappa shape index (κ3) is 3.77. The van der Waals surface area contributed by atoms with Crippen LogP contribution in [0.1, 0.15) is 20.7 Å². The molecule has 1 heterocycles. The van der Waals surface area contributed by atoms with E-state index in [1.165, 1.54) is 0 Å². The van der Waals surface area contributed by atoms with Crippen LogP contribution in [0.5, 0.6) is 11.5 Å². The van der Waals surface area contributed by atoms with Crippen LogP contribution >= 0.6 is 11.6 Å². The molecule has 2 amide bonds. The Morgan fingerprint density at radius 2 is 1.57 bits per heavy atom. The van der Waals surface area contributed by atoms with Crippen molar-refractivity contribution in [1.29, 1.82) is 0 Å². The number of halogens is 1. The van der Waals surface area contributed by atoms with Crippen molar-refractivity contribution in [2.24, 2.45) is 0 Å². The fourth-order valence-electron chi connectivity index (χ4n) is 2.75. The van der Waals surface area contributed by atoms with Gasteiger partial charge in [-0.1, -0.05) is 23.7 Å². The van der Waals surface area contributed by atoms with Crippen LogP contribution in [0, 0.1) is 0 Å². The molecule has 2 N–H and O–H groups in total. The maximum atomic E-state index is 12.7. The van der Waals surface area contributed by atoms with Gasteiger partial charge < -0.3 is 20.1 Å².